The standard InChI is InChI=1S/C12H20N2OS/c1-2-15-7-6-12-14-11(8-16-12)9-4-3-5-10(9)13/h8-10H,2-7,13H2,1H3. The number of thiazole rings is 1. The van der Waals surface area contributed by atoms with E-state index in [1.54, 1.807) is 11.3 Å². The Hall–Kier alpha value is -0.450. The number of hydrogen-bond donors (Lipinski definition) is 1. The molecular weight excluding hydrogens is 220 g/mol. The van der Waals surface area contributed by atoms with Crippen molar-refractivity contribution in [3.63, 3.8) is 0 Å². The molecule has 0 bridgehead atoms. The van der Waals surface area contributed by atoms with E-state index in [0.29, 0.717) is 12.0 Å². The maximum atomic E-state index is 6.08. The average Bonchev–Trinajstić information content (AvgIpc) is 2.87. The molecule has 1 fully saturated rings. The quantitative estimate of drug-likeness (QED) is 0.803. The van der Waals surface area contributed by atoms with Gasteiger partial charge in [-0.3, -0.25) is 0 Å². The van der Waals surface area contributed by atoms with Gasteiger partial charge in [0, 0.05) is 30.4 Å². The van der Waals surface area contributed by atoms with Crippen molar-refractivity contribution in [3.05, 3.63) is 16.1 Å². The van der Waals surface area contributed by atoms with Crippen LogP contribution in [0.2, 0.25) is 0 Å². The molecule has 0 spiro atoms. The van der Waals surface area contributed by atoms with Gasteiger partial charge in [-0.2, -0.15) is 0 Å². The third-order valence-corrected chi connectivity index (χ3v) is 4.11. The summed E-state index contributed by atoms with van der Waals surface area (Å²) < 4.78 is 5.34. The zero-order chi connectivity index (χ0) is 11.4. The zero-order valence-electron chi connectivity index (χ0n) is 9.82. The van der Waals surface area contributed by atoms with E-state index >= 15 is 0 Å². The Bertz CT molecular complexity index is 327. The molecule has 0 amide bonds. The van der Waals surface area contributed by atoms with Gasteiger partial charge in [0.1, 0.15) is 0 Å². The average molecular weight is 240 g/mol. The molecule has 1 aromatic rings. The third kappa shape index (κ3) is 2.81. The van der Waals surface area contributed by atoms with Crippen molar-refractivity contribution >= 4 is 11.3 Å². The van der Waals surface area contributed by atoms with E-state index < -0.39 is 0 Å². The highest BCUT2D eigenvalue weighted by Crippen LogP contribution is 2.33. The van der Waals surface area contributed by atoms with Crippen LogP contribution in [-0.2, 0) is 11.2 Å². The molecule has 3 nitrogen and oxygen atoms in total. The van der Waals surface area contributed by atoms with Crippen LogP contribution in [0.25, 0.3) is 0 Å². The lowest BCUT2D eigenvalue weighted by Gasteiger charge is -2.11. The van der Waals surface area contributed by atoms with Crippen LogP contribution in [0.1, 0.15) is 42.8 Å². The second kappa shape index (κ2) is 5.75. The van der Waals surface area contributed by atoms with Gasteiger partial charge in [-0.15, -0.1) is 11.3 Å². The van der Waals surface area contributed by atoms with E-state index in [-0.39, 0.29) is 0 Å². The molecule has 0 aromatic carbocycles. The molecule has 16 heavy (non-hydrogen) atoms. The van der Waals surface area contributed by atoms with Gasteiger partial charge in [0.05, 0.1) is 17.3 Å². The van der Waals surface area contributed by atoms with Crippen molar-refractivity contribution in [1.82, 2.24) is 4.98 Å². The van der Waals surface area contributed by atoms with E-state index in [1.165, 1.54) is 23.5 Å². The fraction of sp³-hybridized carbons (Fsp3) is 0.750. The Kier molecular flexibility index (Phi) is 4.32. The van der Waals surface area contributed by atoms with Gasteiger partial charge < -0.3 is 10.5 Å². The van der Waals surface area contributed by atoms with Gasteiger partial charge in [0.2, 0.25) is 0 Å². The highest BCUT2D eigenvalue weighted by molar-refractivity contribution is 7.09. The van der Waals surface area contributed by atoms with Crippen molar-refractivity contribution < 1.29 is 4.74 Å². The lowest BCUT2D eigenvalue weighted by atomic mass is 10.0. The summed E-state index contributed by atoms with van der Waals surface area (Å²) in [5.74, 6) is 0.497. The number of nitrogens with zero attached hydrogens (tertiary/aromatic N) is 1. The van der Waals surface area contributed by atoms with Crippen LogP contribution in [0.4, 0.5) is 0 Å². The molecule has 2 unspecified atom stereocenters. The maximum Gasteiger partial charge on any atom is 0.0951 e. The molecule has 4 heteroatoms. The van der Waals surface area contributed by atoms with Crippen molar-refractivity contribution in [1.29, 1.82) is 0 Å². The van der Waals surface area contributed by atoms with Gasteiger partial charge in [0.25, 0.3) is 0 Å². The Morgan fingerprint density at radius 1 is 1.56 bits per heavy atom. The van der Waals surface area contributed by atoms with E-state index in [1.807, 2.05) is 6.92 Å². The summed E-state index contributed by atoms with van der Waals surface area (Å²) in [6, 6.07) is 0.321. The second-order valence-electron chi connectivity index (χ2n) is 4.31. The van der Waals surface area contributed by atoms with E-state index in [0.717, 1.165) is 26.1 Å². The first-order valence-corrected chi connectivity index (χ1v) is 6.97. The molecule has 2 N–H and O–H groups in total. The summed E-state index contributed by atoms with van der Waals surface area (Å²) in [4.78, 5) is 4.67. The van der Waals surface area contributed by atoms with Crippen molar-refractivity contribution in [3.8, 4) is 0 Å². The fourth-order valence-corrected chi connectivity index (χ4v) is 3.11. The molecule has 1 aromatic heterocycles. The Balaban J connectivity index is 1.91. The molecular formula is C12H20N2OS. The number of nitrogens with two attached hydrogens (primary N) is 1. The smallest absolute Gasteiger partial charge is 0.0951 e. The molecule has 0 saturated heterocycles. The lowest BCUT2D eigenvalue weighted by molar-refractivity contribution is 0.151. The number of ether oxygens (including phenoxy) is 1. The summed E-state index contributed by atoms with van der Waals surface area (Å²) >= 11 is 1.74. The van der Waals surface area contributed by atoms with E-state index in [4.69, 9.17) is 10.5 Å². The van der Waals surface area contributed by atoms with Crippen molar-refractivity contribution in [2.24, 2.45) is 5.73 Å². The monoisotopic (exact) mass is 240 g/mol. The second-order valence-corrected chi connectivity index (χ2v) is 5.26. The van der Waals surface area contributed by atoms with Gasteiger partial charge in [0.15, 0.2) is 0 Å². The largest absolute Gasteiger partial charge is 0.381 e. The Morgan fingerprint density at radius 3 is 3.12 bits per heavy atom. The summed E-state index contributed by atoms with van der Waals surface area (Å²) in [7, 11) is 0. The first kappa shape index (κ1) is 12.0. The molecule has 2 rings (SSSR count). The minimum atomic E-state index is 0.321. The fourth-order valence-electron chi connectivity index (χ4n) is 2.27. The SMILES string of the molecule is CCOCCc1nc(C2CCCC2N)cs1. The van der Waals surface area contributed by atoms with Gasteiger partial charge in [-0.1, -0.05) is 6.42 Å². The number of rotatable bonds is 5. The van der Waals surface area contributed by atoms with Crippen LogP contribution in [0.15, 0.2) is 5.38 Å². The van der Waals surface area contributed by atoms with Gasteiger partial charge >= 0.3 is 0 Å². The molecule has 0 radical (unpaired) electrons. The number of aromatic nitrogens is 1. The lowest BCUT2D eigenvalue weighted by Crippen LogP contribution is -2.22. The highest BCUT2D eigenvalue weighted by Gasteiger charge is 2.27. The number of hydrogen-bond acceptors (Lipinski definition) is 4. The summed E-state index contributed by atoms with van der Waals surface area (Å²) in [6.45, 7) is 3.58. The summed E-state index contributed by atoms with van der Waals surface area (Å²) in [5, 5.41) is 3.36. The normalized spacial score (nSPS) is 25.1. The van der Waals surface area contributed by atoms with Crippen LogP contribution < -0.4 is 5.73 Å². The first-order valence-electron chi connectivity index (χ1n) is 6.09. The third-order valence-electron chi connectivity index (χ3n) is 3.18. The predicted molar refractivity (Wildman–Crippen MR) is 66.9 cm³/mol. The van der Waals surface area contributed by atoms with Crippen molar-refractivity contribution in [2.45, 2.75) is 44.6 Å². The molecule has 1 aliphatic carbocycles. The van der Waals surface area contributed by atoms with Crippen LogP contribution in [-0.4, -0.2) is 24.2 Å². The molecule has 90 valence electrons. The highest BCUT2D eigenvalue weighted by atomic mass is 32.1. The van der Waals surface area contributed by atoms with Gasteiger partial charge in [-0.25, -0.2) is 4.98 Å². The Labute approximate surface area is 101 Å². The van der Waals surface area contributed by atoms with Crippen LogP contribution in [0.5, 0.6) is 0 Å². The van der Waals surface area contributed by atoms with E-state index in [2.05, 4.69) is 10.4 Å². The van der Waals surface area contributed by atoms with Crippen LogP contribution in [0, 0.1) is 0 Å². The van der Waals surface area contributed by atoms with Crippen LogP contribution in [0.3, 0.4) is 0 Å². The zero-order valence-corrected chi connectivity index (χ0v) is 10.6. The summed E-state index contributed by atoms with van der Waals surface area (Å²) in [6.07, 6.45) is 4.53. The Morgan fingerprint density at radius 2 is 2.44 bits per heavy atom. The molecule has 1 heterocycles. The van der Waals surface area contributed by atoms with Crippen molar-refractivity contribution in [2.75, 3.05) is 13.2 Å². The van der Waals surface area contributed by atoms with Crippen LogP contribution >= 0.6 is 11.3 Å². The molecule has 1 saturated carbocycles. The minimum absolute atomic E-state index is 0.321. The first-order chi connectivity index (χ1) is 7.81. The maximum absolute atomic E-state index is 6.08. The summed E-state index contributed by atoms with van der Waals surface area (Å²) in [5.41, 5.74) is 7.29. The molecule has 0 aliphatic heterocycles. The molecule has 2 atom stereocenters. The molecule has 1 aliphatic rings. The van der Waals surface area contributed by atoms with E-state index in [9.17, 15) is 0 Å². The topological polar surface area (TPSA) is 48.1 Å². The van der Waals surface area contributed by atoms with Gasteiger partial charge in [-0.05, 0) is 19.8 Å². The predicted octanol–water partition coefficient (Wildman–Crippen LogP) is 2.32. The minimum Gasteiger partial charge on any atom is -0.381 e.